The zero-order valence-electron chi connectivity index (χ0n) is 18.2. The van der Waals surface area contributed by atoms with Crippen molar-refractivity contribution in [1.29, 1.82) is 0 Å². The molecule has 0 saturated heterocycles. The van der Waals surface area contributed by atoms with Crippen LogP contribution in [-0.4, -0.2) is 37.9 Å². The first-order valence-electron chi connectivity index (χ1n) is 10.4. The number of carbonyl (C=O) groups is 1. The molecule has 1 aromatic carbocycles. The Hall–Kier alpha value is -3.36. The van der Waals surface area contributed by atoms with Gasteiger partial charge in [-0.2, -0.15) is 0 Å². The number of aryl methyl sites for hydroxylation is 2. The number of unbranched alkanes of at least 4 members (excludes halogenated alkanes) is 2. The van der Waals surface area contributed by atoms with Crippen molar-refractivity contribution in [3.05, 3.63) is 57.0 Å². The van der Waals surface area contributed by atoms with Crippen LogP contribution < -0.4 is 16.0 Å². The van der Waals surface area contributed by atoms with Crippen LogP contribution in [0.1, 0.15) is 43.0 Å². The molecule has 0 aliphatic heterocycles. The van der Waals surface area contributed by atoms with E-state index < -0.39 is 17.2 Å². The third-order valence-corrected chi connectivity index (χ3v) is 5.07. The van der Waals surface area contributed by atoms with E-state index in [0.29, 0.717) is 35.5 Å². The first-order chi connectivity index (χ1) is 14.9. The maximum atomic E-state index is 12.6. The second-order valence-electron chi connectivity index (χ2n) is 7.40. The van der Waals surface area contributed by atoms with Crippen LogP contribution in [0.2, 0.25) is 0 Å². The lowest BCUT2D eigenvalue weighted by Crippen LogP contribution is -2.39. The van der Waals surface area contributed by atoms with Crippen LogP contribution in [0.15, 0.2) is 40.2 Å². The molecule has 0 unspecified atom stereocenters. The molecular formula is C22H28N4O5. The van der Waals surface area contributed by atoms with Crippen LogP contribution in [-0.2, 0) is 25.4 Å². The number of hydrogen-bond donors (Lipinski definition) is 0. The summed E-state index contributed by atoms with van der Waals surface area (Å²) in [6.45, 7) is 3.02. The van der Waals surface area contributed by atoms with Gasteiger partial charge < -0.3 is 14.0 Å². The maximum Gasteiger partial charge on any atom is 0.338 e. The van der Waals surface area contributed by atoms with Gasteiger partial charge in [0.2, 0.25) is 0 Å². The number of hydrogen-bond acceptors (Lipinski definition) is 6. The van der Waals surface area contributed by atoms with Crippen molar-refractivity contribution >= 4 is 17.1 Å². The summed E-state index contributed by atoms with van der Waals surface area (Å²) in [5.74, 6) is 0.258. The topological polar surface area (TPSA) is 97.3 Å². The van der Waals surface area contributed by atoms with Gasteiger partial charge in [0.1, 0.15) is 5.75 Å². The molecule has 3 aromatic rings. The van der Waals surface area contributed by atoms with Gasteiger partial charge in [0.25, 0.3) is 5.56 Å². The number of fused-ring (bicyclic) bond motifs is 1. The van der Waals surface area contributed by atoms with E-state index in [2.05, 4.69) is 11.9 Å². The van der Waals surface area contributed by atoms with Crippen molar-refractivity contribution < 1.29 is 14.3 Å². The summed E-state index contributed by atoms with van der Waals surface area (Å²) in [5.41, 5.74) is 0.273. The highest BCUT2D eigenvalue weighted by Crippen LogP contribution is 2.14. The van der Waals surface area contributed by atoms with E-state index in [1.54, 1.807) is 42.9 Å². The second-order valence-corrected chi connectivity index (χ2v) is 7.40. The Labute approximate surface area is 179 Å². The SMILES string of the molecule is CCCCCOc1ccc(C(=O)OCCCn2c(=O)c3c(ncn3C)n(C)c2=O)cc1. The fourth-order valence-corrected chi connectivity index (χ4v) is 3.29. The van der Waals surface area contributed by atoms with Crippen LogP contribution in [0.4, 0.5) is 0 Å². The van der Waals surface area contributed by atoms with E-state index in [0.717, 1.165) is 23.8 Å². The first kappa shape index (κ1) is 22.3. The summed E-state index contributed by atoms with van der Waals surface area (Å²) in [6.07, 6.45) is 5.09. The molecule has 0 amide bonds. The van der Waals surface area contributed by atoms with Gasteiger partial charge >= 0.3 is 11.7 Å². The number of benzene rings is 1. The van der Waals surface area contributed by atoms with E-state index in [1.165, 1.54) is 10.9 Å². The monoisotopic (exact) mass is 428 g/mol. The van der Waals surface area contributed by atoms with E-state index in [4.69, 9.17) is 9.47 Å². The number of aromatic nitrogens is 4. The zero-order valence-corrected chi connectivity index (χ0v) is 18.2. The lowest BCUT2D eigenvalue weighted by atomic mass is 10.2. The molecule has 9 nitrogen and oxygen atoms in total. The van der Waals surface area contributed by atoms with E-state index in [-0.39, 0.29) is 13.2 Å². The minimum absolute atomic E-state index is 0.0904. The van der Waals surface area contributed by atoms with Crippen molar-refractivity contribution in [2.75, 3.05) is 13.2 Å². The first-order valence-corrected chi connectivity index (χ1v) is 10.4. The van der Waals surface area contributed by atoms with Crippen LogP contribution in [0.5, 0.6) is 5.75 Å². The zero-order chi connectivity index (χ0) is 22.4. The Morgan fingerprint density at radius 2 is 1.77 bits per heavy atom. The van der Waals surface area contributed by atoms with Gasteiger partial charge in [-0.1, -0.05) is 19.8 Å². The molecular weight excluding hydrogens is 400 g/mol. The molecule has 0 aliphatic rings. The van der Waals surface area contributed by atoms with Crippen molar-refractivity contribution in [3.63, 3.8) is 0 Å². The number of esters is 1. The fraction of sp³-hybridized carbons (Fsp3) is 0.455. The predicted octanol–water partition coefficient (Wildman–Crippen LogP) is 2.25. The van der Waals surface area contributed by atoms with Crippen LogP contribution in [0.3, 0.4) is 0 Å². The number of rotatable bonds is 10. The largest absolute Gasteiger partial charge is 0.494 e. The molecule has 0 N–H and O–H groups in total. The highest BCUT2D eigenvalue weighted by atomic mass is 16.5. The van der Waals surface area contributed by atoms with Crippen molar-refractivity contribution in [1.82, 2.24) is 18.7 Å². The second kappa shape index (κ2) is 10.1. The van der Waals surface area contributed by atoms with E-state index in [1.807, 2.05) is 0 Å². The Morgan fingerprint density at radius 3 is 2.48 bits per heavy atom. The fourth-order valence-electron chi connectivity index (χ4n) is 3.29. The van der Waals surface area contributed by atoms with Crippen molar-refractivity contribution in [3.8, 4) is 5.75 Å². The molecule has 0 bridgehead atoms. The number of nitrogens with zero attached hydrogens (tertiary/aromatic N) is 4. The van der Waals surface area contributed by atoms with Crippen LogP contribution in [0, 0.1) is 0 Å². The lowest BCUT2D eigenvalue weighted by Gasteiger charge is -2.09. The Balaban J connectivity index is 1.54. The molecule has 31 heavy (non-hydrogen) atoms. The summed E-state index contributed by atoms with van der Waals surface area (Å²) in [6, 6.07) is 6.81. The summed E-state index contributed by atoms with van der Waals surface area (Å²) in [7, 11) is 3.28. The maximum absolute atomic E-state index is 12.6. The van der Waals surface area contributed by atoms with Gasteiger partial charge in [-0.15, -0.1) is 0 Å². The smallest absolute Gasteiger partial charge is 0.338 e. The molecule has 0 spiro atoms. The van der Waals surface area contributed by atoms with Crippen molar-refractivity contribution in [2.24, 2.45) is 14.1 Å². The standard InChI is InChI=1S/C22H28N4O5/c1-4-5-6-13-30-17-10-8-16(9-11-17)21(28)31-14-7-12-26-20(27)18-19(23-15-24(18)2)25(3)22(26)29/h8-11,15H,4-7,12-14H2,1-3H3. The molecule has 3 rings (SSSR count). The molecule has 0 saturated carbocycles. The van der Waals surface area contributed by atoms with E-state index in [9.17, 15) is 14.4 Å². The molecule has 2 aromatic heterocycles. The molecule has 0 aliphatic carbocycles. The molecule has 0 atom stereocenters. The van der Waals surface area contributed by atoms with Crippen molar-refractivity contribution in [2.45, 2.75) is 39.2 Å². The Kier molecular flexibility index (Phi) is 7.28. The van der Waals surface area contributed by atoms with Crippen LogP contribution in [0.25, 0.3) is 11.2 Å². The van der Waals surface area contributed by atoms with Gasteiger partial charge in [-0.05, 0) is 37.1 Å². The predicted molar refractivity (Wildman–Crippen MR) is 117 cm³/mol. The van der Waals surface area contributed by atoms with Gasteiger partial charge in [-0.3, -0.25) is 13.9 Å². The summed E-state index contributed by atoms with van der Waals surface area (Å²) in [5, 5.41) is 0. The highest BCUT2D eigenvalue weighted by Gasteiger charge is 2.15. The normalized spacial score (nSPS) is 11.1. The third-order valence-electron chi connectivity index (χ3n) is 5.07. The van der Waals surface area contributed by atoms with Crippen LogP contribution >= 0.6 is 0 Å². The minimum atomic E-state index is -0.458. The third kappa shape index (κ3) is 5.04. The minimum Gasteiger partial charge on any atom is -0.494 e. The quantitative estimate of drug-likeness (QED) is 0.363. The number of ether oxygens (including phenoxy) is 2. The highest BCUT2D eigenvalue weighted by molar-refractivity contribution is 5.89. The molecule has 9 heteroatoms. The average molecular weight is 428 g/mol. The Morgan fingerprint density at radius 1 is 1.03 bits per heavy atom. The van der Waals surface area contributed by atoms with E-state index >= 15 is 0 Å². The van der Waals surface area contributed by atoms with Gasteiger partial charge in [-0.25, -0.2) is 14.6 Å². The van der Waals surface area contributed by atoms with Gasteiger partial charge in [0, 0.05) is 20.6 Å². The molecule has 166 valence electrons. The molecule has 2 heterocycles. The summed E-state index contributed by atoms with van der Waals surface area (Å²) >= 11 is 0. The molecule has 0 fully saturated rings. The number of carbonyl (C=O) groups excluding carboxylic acids is 1. The summed E-state index contributed by atoms with van der Waals surface area (Å²) in [4.78, 5) is 41.4. The molecule has 0 radical (unpaired) electrons. The van der Waals surface area contributed by atoms with Gasteiger partial charge in [0.15, 0.2) is 11.2 Å². The summed E-state index contributed by atoms with van der Waals surface area (Å²) < 4.78 is 15.0. The Bertz CT molecular complexity index is 1160. The number of imidazole rings is 1. The average Bonchev–Trinajstić information content (AvgIpc) is 3.16. The lowest BCUT2D eigenvalue weighted by molar-refractivity contribution is 0.0495. The van der Waals surface area contributed by atoms with Gasteiger partial charge in [0.05, 0.1) is 25.1 Å².